The third-order valence-electron chi connectivity index (χ3n) is 2.48. The van der Waals surface area contributed by atoms with E-state index in [1.54, 1.807) is 19.1 Å². The fraction of sp³-hybridized carbons (Fsp3) is 0.143. The summed E-state index contributed by atoms with van der Waals surface area (Å²) in [6.45, 7) is 1.75. The first-order valence-electron chi connectivity index (χ1n) is 5.48. The molecule has 0 unspecified atom stereocenters. The van der Waals surface area contributed by atoms with Crippen molar-refractivity contribution in [2.75, 3.05) is 0 Å². The van der Waals surface area contributed by atoms with Gasteiger partial charge in [0.05, 0.1) is 11.1 Å². The van der Waals surface area contributed by atoms with Gasteiger partial charge in [-0.15, -0.1) is 0 Å². The molecule has 0 fully saturated rings. The fourth-order valence-corrected chi connectivity index (χ4v) is 3.15. The summed E-state index contributed by atoms with van der Waals surface area (Å²) in [6.07, 6.45) is -0.508. The molecular formula is C14H12Cl2OS. The molecule has 0 aliphatic carbocycles. The van der Waals surface area contributed by atoms with Crippen molar-refractivity contribution in [2.24, 2.45) is 0 Å². The van der Waals surface area contributed by atoms with E-state index in [2.05, 4.69) is 0 Å². The van der Waals surface area contributed by atoms with Crippen molar-refractivity contribution < 1.29 is 5.11 Å². The second kappa shape index (κ2) is 5.98. The molecule has 0 spiro atoms. The van der Waals surface area contributed by atoms with E-state index < -0.39 is 6.10 Å². The lowest BCUT2D eigenvalue weighted by molar-refractivity contribution is 0.196. The SMILES string of the molecule is C[C@@H](O)c1ccccc1Sc1cc(Cl)ccc1Cl. The molecule has 0 bridgehead atoms. The van der Waals surface area contributed by atoms with Gasteiger partial charge < -0.3 is 5.11 Å². The lowest BCUT2D eigenvalue weighted by atomic mass is 10.1. The van der Waals surface area contributed by atoms with E-state index in [4.69, 9.17) is 23.2 Å². The van der Waals surface area contributed by atoms with Gasteiger partial charge in [0.1, 0.15) is 0 Å². The van der Waals surface area contributed by atoms with Crippen molar-refractivity contribution in [3.05, 3.63) is 58.1 Å². The quantitative estimate of drug-likeness (QED) is 0.840. The van der Waals surface area contributed by atoms with Crippen LogP contribution >= 0.6 is 35.0 Å². The van der Waals surface area contributed by atoms with Crippen LogP contribution in [0.4, 0.5) is 0 Å². The summed E-state index contributed by atoms with van der Waals surface area (Å²) in [4.78, 5) is 1.87. The predicted octanol–water partition coefficient (Wildman–Crippen LogP) is 5.20. The maximum absolute atomic E-state index is 9.73. The zero-order chi connectivity index (χ0) is 13.1. The maximum atomic E-state index is 9.73. The fourth-order valence-electron chi connectivity index (χ4n) is 1.59. The van der Waals surface area contributed by atoms with Gasteiger partial charge in [0.15, 0.2) is 0 Å². The standard InChI is InChI=1S/C14H12Cl2OS/c1-9(17)11-4-2-3-5-13(11)18-14-8-10(15)6-7-12(14)16/h2-9,17H,1H3/t9-/m1/s1. The minimum atomic E-state index is -0.508. The second-order valence-electron chi connectivity index (χ2n) is 3.89. The predicted molar refractivity (Wildman–Crippen MR) is 77.7 cm³/mol. The van der Waals surface area contributed by atoms with Crippen LogP contribution in [0.25, 0.3) is 0 Å². The summed E-state index contributed by atoms with van der Waals surface area (Å²) in [5.74, 6) is 0. The van der Waals surface area contributed by atoms with Crippen molar-refractivity contribution in [3.63, 3.8) is 0 Å². The zero-order valence-corrected chi connectivity index (χ0v) is 12.1. The van der Waals surface area contributed by atoms with Crippen molar-refractivity contribution >= 4 is 35.0 Å². The monoisotopic (exact) mass is 298 g/mol. The van der Waals surface area contributed by atoms with E-state index in [1.165, 1.54) is 11.8 Å². The van der Waals surface area contributed by atoms with Crippen LogP contribution in [-0.2, 0) is 0 Å². The molecule has 94 valence electrons. The van der Waals surface area contributed by atoms with Crippen LogP contribution < -0.4 is 0 Å². The van der Waals surface area contributed by atoms with Gasteiger partial charge in [-0.2, -0.15) is 0 Å². The molecular weight excluding hydrogens is 287 g/mol. The highest BCUT2D eigenvalue weighted by Crippen LogP contribution is 2.38. The zero-order valence-electron chi connectivity index (χ0n) is 9.73. The minimum absolute atomic E-state index is 0.508. The number of benzene rings is 2. The number of aliphatic hydroxyl groups is 1. The largest absolute Gasteiger partial charge is 0.389 e. The van der Waals surface area contributed by atoms with Crippen LogP contribution in [0.3, 0.4) is 0 Å². The highest BCUT2D eigenvalue weighted by Gasteiger charge is 2.10. The Kier molecular flexibility index (Phi) is 4.57. The molecule has 0 saturated heterocycles. The molecule has 0 saturated carbocycles. The Morgan fingerprint density at radius 1 is 1.06 bits per heavy atom. The number of hydrogen-bond acceptors (Lipinski definition) is 2. The Morgan fingerprint density at radius 3 is 2.50 bits per heavy atom. The van der Waals surface area contributed by atoms with Gasteiger partial charge in [-0.3, -0.25) is 0 Å². The van der Waals surface area contributed by atoms with Gasteiger partial charge in [-0.1, -0.05) is 53.2 Å². The van der Waals surface area contributed by atoms with E-state index >= 15 is 0 Å². The summed E-state index contributed by atoms with van der Waals surface area (Å²) in [5, 5.41) is 11.0. The van der Waals surface area contributed by atoms with Crippen molar-refractivity contribution in [1.82, 2.24) is 0 Å². The van der Waals surface area contributed by atoms with Crippen LogP contribution in [0.1, 0.15) is 18.6 Å². The molecule has 2 rings (SSSR count). The minimum Gasteiger partial charge on any atom is -0.389 e. The molecule has 1 atom stereocenters. The lowest BCUT2D eigenvalue weighted by Crippen LogP contribution is -1.93. The Hall–Kier alpha value is -0.670. The van der Waals surface area contributed by atoms with Gasteiger partial charge in [0.2, 0.25) is 0 Å². The van der Waals surface area contributed by atoms with E-state index in [0.717, 1.165) is 15.4 Å². The Balaban J connectivity index is 2.37. The molecule has 0 amide bonds. The smallest absolute Gasteiger partial charge is 0.0772 e. The molecule has 4 heteroatoms. The number of rotatable bonds is 3. The van der Waals surface area contributed by atoms with Crippen molar-refractivity contribution in [3.8, 4) is 0 Å². The highest BCUT2D eigenvalue weighted by atomic mass is 35.5. The van der Waals surface area contributed by atoms with E-state index in [0.29, 0.717) is 10.0 Å². The first-order valence-corrected chi connectivity index (χ1v) is 7.05. The van der Waals surface area contributed by atoms with Crippen molar-refractivity contribution in [2.45, 2.75) is 22.8 Å². The van der Waals surface area contributed by atoms with Gasteiger partial charge >= 0.3 is 0 Å². The van der Waals surface area contributed by atoms with Gasteiger partial charge in [0.25, 0.3) is 0 Å². The Labute approximate surface area is 121 Å². The van der Waals surface area contributed by atoms with E-state index in [9.17, 15) is 5.11 Å². The molecule has 0 radical (unpaired) electrons. The molecule has 0 aliphatic rings. The van der Waals surface area contributed by atoms with Gasteiger partial charge in [0, 0.05) is 14.8 Å². The normalized spacial score (nSPS) is 12.4. The van der Waals surface area contributed by atoms with Crippen LogP contribution in [-0.4, -0.2) is 5.11 Å². The Morgan fingerprint density at radius 2 is 1.78 bits per heavy atom. The molecule has 0 aliphatic heterocycles. The molecule has 1 N–H and O–H groups in total. The third-order valence-corrected chi connectivity index (χ3v) is 4.31. The molecule has 2 aromatic carbocycles. The van der Waals surface area contributed by atoms with Crippen LogP contribution in [0.5, 0.6) is 0 Å². The average molecular weight is 299 g/mol. The lowest BCUT2D eigenvalue weighted by Gasteiger charge is -2.12. The van der Waals surface area contributed by atoms with Crippen LogP contribution in [0, 0.1) is 0 Å². The molecule has 18 heavy (non-hydrogen) atoms. The highest BCUT2D eigenvalue weighted by molar-refractivity contribution is 7.99. The van der Waals surface area contributed by atoms with E-state index in [1.807, 2.05) is 30.3 Å². The summed E-state index contributed by atoms with van der Waals surface area (Å²) in [7, 11) is 0. The van der Waals surface area contributed by atoms with Gasteiger partial charge in [-0.05, 0) is 36.8 Å². The topological polar surface area (TPSA) is 20.2 Å². The number of halogens is 2. The van der Waals surface area contributed by atoms with Crippen LogP contribution in [0.15, 0.2) is 52.3 Å². The third kappa shape index (κ3) is 3.21. The van der Waals surface area contributed by atoms with Crippen molar-refractivity contribution in [1.29, 1.82) is 0 Å². The summed E-state index contributed by atoms with van der Waals surface area (Å²) in [6, 6.07) is 13.1. The Bertz CT molecular complexity index is 555. The molecule has 1 nitrogen and oxygen atoms in total. The van der Waals surface area contributed by atoms with Gasteiger partial charge in [-0.25, -0.2) is 0 Å². The molecule has 0 heterocycles. The molecule has 2 aromatic rings. The average Bonchev–Trinajstić information content (AvgIpc) is 2.34. The number of aliphatic hydroxyl groups excluding tert-OH is 1. The van der Waals surface area contributed by atoms with Crippen LogP contribution in [0.2, 0.25) is 10.0 Å². The first-order chi connectivity index (χ1) is 8.58. The summed E-state index contributed by atoms with van der Waals surface area (Å²) >= 11 is 13.6. The second-order valence-corrected chi connectivity index (χ2v) is 5.82. The molecule has 0 aromatic heterocycles. The number of hydrogen-bond donors (Lipinski definition) is 1. The maximum Gasteiger partial charge on any atom is 0.0772 e. The summed E-state index contributed by atoms with van der Waals surface area (Å²) < 4.78 is 0. The summed E-state index contributed by atoms with van der Waals surface area (Å²) in [5.41, 5.74) is 0.888. The van der Waals surface area contributed by atoms with E-state index in [-0.39, 0.29) is 0 Å². The first kappa shape index (κ1) is 13.8.